The quantitative estimate of drug-likeness (QED) is 0.00578. The van der Waals surface area contributed by atoms with E-state index in [2.05, 4.69) is 24.1 Å². The first kappa shape index (κ1) is 112. The third-order valence-corrected chi connectivity index (χ3v) is 22.0. The average Bonchev–Trinajstić information content (AvgIpc) is 1.61. The molecule has 1 aliphatic rings. The molecule has 0 saturated carbocycles. The van der Waals surface area contributed by atoms with Crippen LogP contribution < -0.4 is 58.2 Å². The maximum atomic E-state index is 12.3. The van der Waals surface area contributed by atoms with E-state index in [1.54, 1.807) is 112 Å². The molecular weight excluding hydrogens is 1780 g/mol. The van der Waals surface area contributed by atoms with Crippen molar-refractivity contribution < 1.29 is 148 Å². The van der Waals surface area contributed by atoms with Crippen molar-refractivity contribution in [2.75, 3.05) is 54.9 Å². The van der Waals surface area contributed by atoms with Gasteiger partial charge in [0.05, 0.1) is 72.7 Å². The van der Waals surface area contributed by atoms with Crippen molar-refractivity contribution in [1.82, 2.24) is 19.9 Å². The first-order valence-corrected chi connectivity index (χ1v) is 44.0. The summed E-state index contributed by atoms with van der Waals surface area (Å²) in [6.45, 7) is 16.2. The van der Waals surface area contributed by atoms with E-state index in [0.717, 1.165) is 136 Å². The van der Waals surface area contributed by atoms with Gasteiger partial charge in [-0.3, -0.25) is 43.9 Å². The van der Waals surface area contributed by atoms with Crippen molar-refractivity contribution in [2.24, 2.45) is 0 Å². The molecule has 8 aromatic carbocycles. The number of aliphatic carboxylic acids is 1. The Morgan fingerprint density at radius 3 is 1.11 bits per heavy atom. The van der Waals surface area contributed by atoms with Crippen LogP contribution in [0.25, 0.3) is 84.0 Å². The number of hydrogen-bond acceptors (Lipinski definition) is 25. The minimum atomic E-state index is -5.78. The number of esters is 3. The first-order chi connectivity index (χ1) is 64.3. The van der Waals surface area contributed by atoms with Gasteiger partial charge in [0.15, 0.2) is 12.6 Å². The fourth-order valence-electron chi connectivity index (χ4n) is 13.7. The van der Waals surface area contributed by atoms with Crippen LogP contribution in [0.3, 0.4) is 0 Å². The number of ether oxygens (including phenoxy) is 7. The van der Waals surface area contributed by atoms with E-state index in [9.17, 15) is 60.6 Å². The second-order valence-electron chi connectivity index (χ2n) is 30.4. The van der Waals surface area contributed by atoms with Gasteiger partial charge in [-0.1, -0.05) is 84.9 Å². The van der Waals surface area contributed by atoms with Gasteiger partial charge in [0.1, 0.15) is 28.7 Å². The number of benzene rings is 8. The van der Waals surface area contributed by atoms with Crippen LogP contribution in [0.2, 0.25) is 0 Å². The van der Waals surface area contributed by atoms with Crippen molar-refractivity contribution in [3.05, 3.63) is 294 Å². The number of aldehydes is 2. The standard InChI is InChI=1S/C24H25NO4.C24H23NO4.C22H21NO4.C18H25BO5.C13H8F3NO4S.C2H6O.B.Na.H/c2*1-3-29-24(27)11-7-18-14-21(28-2)8-10-22(18)17-6-9-23(20(13-17)16-26)19-5-4-12-25-15-19;1-27-19-6-8-20(16(12-19)5-9-22(25)26)15-4-7-21(18(11-15)14-24)17-3-2-10-23-13-17;1-7-22-16(20)11-8-13-12-14(21-6)9-10-15(13)19-23-17(2,3)18(4,5)24-19;14-13(15,16)22(19,20)21-11-3-4-12(10(6-11)8-18)9-2-1-5-17-7-9;1-2-3;;;/h4-6,8-10,12-15,26H,3,7,11,16H2,1-2H3;4-6,8-10,12-16H,3,7,11H2,1-2H3;2-4,6-8,10-13,24H,5,9,14H2,1H3,(H,25,26);8-12H,7H2,1-6H3;1-8H;3H,2H2,1H3;;;/q;;;;;;;+1;-1/b;;;11-8+;;;;;. The number of halogens is 3. The van der Waals surface area contributed by atoms with E-state index in [-0.39, 0.29) is 95.5 Å². The normalized spacial score (nSPS) is 12.0. The molecule has 4 aromatic heterocycles. The Hall–Kier alpha value is -13.0. The number of carbonyl (C=O) groups is 6. The van der Waals surface area contributed by atoms with Gasteiger partial charge < -0.3 is 68.5 Å². The number of rotatable bonds is 32. The van der Waals surface area contributed by atoms with E-state index < -0.39 is 45.7 Å². The summed E-state index contributed by atoms with van der Waals surface area (Å²) in [4.78, 5) is 85.4. The van der Waals surface area contributed by atoms with E-state index in [1.807, 2.05) is 191 Å². The summed E-state index contributed by atoms with van der Waals surface area (Å²) in [5.41, 5.74) is 12.4. The number of aliphatic hydroxyl groups excluding tert-OH is 3. The Labute approximate surface area is 816 Å². The summed E-state index contributed by atoms with van der Waals surface area (Å²) in [7, 11) is 0.123. The van der Waals surface area contributed by atoms with Crippen molar-refractivity contribution in [2.45, 2.75) is 124 Å². The molecule has 0 unspecified atom stereocenters. The van der Waals surface area contributed by atoms with Gasteiger partial charge in [-0.15, -0.1) is 0 Å². The SMILES string of the molecule is CCO.CCOC(=O)/C=C/c1cc(OC)ccc1B1OC(C)(C)C(C)(C)O1.CCOC(=O)CCc1cc(OC)ccc1-c1ccc(-c2cccnc2)c(C=O)c1.CCOC(=O)CCc1cc(OC)ccc1-c1ccc(-c2cccnc2)c(CO)c1.COc1ccc(-c2ccc(-c3cccnc3)c(CO)c2)c(CCC(=O)O)c1.O=Cc1cc(OS(=O)(=O)C(F)(F)F)ccc1-c1cccnc1.[B].[H-].[Na+]. The van der Waals surface area contributed by atoms with Crippen molar-refractivity contribution in [3.8, 4) is 107 Å². The molecule has 13 rings (SSSR count). The van der Waals surface area contributed by atoms with Crippen LogP contribution in [0.5, 0.6) is 28.7 Å². The van der Waals surface area contributed by atoms with Crippen LogP contribution in [0.1, 0.15) is 130 Å². The summed E-state index contributed by atoms with van der Waals surface area (Å²) in [6, 6.07) is 58.4. The zero-order chi connectivity index (χ0) is 97.6. The maximum Gasteiger partial charge on any atom is 1.00 e. The van der Waals surface area contributed by atoms with Crippen LogP contribution in [-0.4, -0.2) is 172 Å². The van der Waals surface area contributed by atoms with E-state index in [0.29, 0.717) is 80.0 Å². The van der Waals surface area contributed by atoms with Crippen molar-refractivity contribution in [3.63, 3.8) is 0 Å². The fourth-order valence-corrected chi connectivity index (χ4v) is 14.2. The van der Waals surface area contributed by atoms with Gasteiger partial charge in [0.25, 0.3) is 0 Å². The summed E-state index contributed by atoms with van der Waals surface area (Å²) < 4.78 is 111. The van der Waals surface area contributed by atoms with Crippen LogP contribution >= 0.6 is 0 Å². The minimum Gasteiger partial charge on any atom is -1.00 e. The Bertz CT molecular complexity index is 6060. The molecule has 33 heteroatoms. The number of carbonyl (C=O) groups excluding carboxylic acids is 5. The molecule has 1 saturated heterocycles. The topological polar surface area (TPSA) is 361 Å². The van der Waals surface area contributed by atoms with Gasteiger partial charge in [-0.2, -0.15) is 21.6 Å². The molecule has 707 valence electrons. The number of nitrogens with zero attached hydrogens (tertiary/aromatic N) is 4. The zero-order valence-corrected chi connectivity index (χ0v) is 80.8. The van der Waals surface area contributed by atoms with E-state index in [4.69, 9.17) is 52.7 Å². The number of aliphatic hydroxyl groups is 3. The molecule has 4 N–H and O–H groups in total. The molecule has 12 aromatic rings. The minimum absolute atomic E-state index is 0. The summed E-state index contributed by atoms with van der Waals surface area (Å²) in [6.07, 6.45) is 19.8. The predicted octanol–water partition coefficient (Wildman–Crippen LogP) is 15.2. The molecular formula is C103H109B2F3N4NaO22S. The number of carboxylic acid groups (broad SMARTS) is 1. The second-order valence-corrected chi connectivity index (χ2v) is 31.9. The molecule has 1 aliphatic heterocycles. The largest absolute Gasteiger partial charge is 1.00 e. The Morgan fingerprint density at radius 2 is 0.757 bits per heavy atom. The number of aryl methyl sites for hydroxylation is 3. The van der Waals surface area contributed by atoms with Gasteiger partial charge in [0.2, 0.25) is 0 Å². The van der Waals surface area contributed by atoms with Crippen LogP contribution in [0, 0.1) is 0 Å². The molecule has 0 amide bonds. The monoisotopic (exact) mass is 1890 g/mol. The van der Waals surface area contributed by atoms with Gasteiger partial charge in [-0.25, -0.2) is 4.79 Å². The predicted molar refractivity (Wildman–Crippen MR) is 513 cm³/mol. The number of aromatic nitrogens is 4. The average molecular weight is 1890 g/mol. The Morgan fingerprint density at radius 1 is 0.434 bits per heavy atom. The van der Waals surface area contributed by atoms with E-state index in [1.165, 1.54) is 24.5 Å². The molecule has 5 heterocycles. The third-order valence-electron chi connectivity index (χ3n) is 21.0. The third kappa shape index (κ3) is 32.1. The van der Waals surface area contributed by atoms with Gasteiger partial charge in [0, 0.05) is 123 Å². The van der Waals surface area contributed by atoms with Crippen molar-refractivity contribution in [1.29, 1.82) is 0 Å². The molecule has 3 radical (unpaired) electrons. The van der Waals surface area contributed by atoms with Crippen molar-refractivity contribution >= 4 is 73.6 Å². The van der Waals surface area contributed by atoms with Gasteiger partial charge >= 0.3 is 76.2 Å². The molecule has 26 nitrogen and oxygen atoms in total. The number of carboxylic acids is 1. The molecule has 136 heavy (non-hydrogen) atoms. The molecule has 0 atom stereocenters. The Kier molecular flexibility index (Phi) is 45.3. The number of alkyl halides is 3. The second kappa shape index (κ2) is 55.1. The number of hydrogen-bond donors (Lipinski definition) is 4. The van der Waals surface area contributed by atoms with Crippen LogP contribution in [-0.2, 0) is 85.3 Å². The Balaban J connectivity index is 0.000000299. The van der Waals surface area contributed by atoms with Gasteiger partial charge in [-0.05, 0) is 284 Å². The maximum absolute atomic E-state index is 12.3. The molecule has 1 fully saturated rings. The summed E-state index contributed by atoms with van der Waals surface area (Å²) >= 11 is 0. The number of methoxy groups -OCH3 is 4. The zero-order valence-electron chi connectivity index (χ0n) is 79.0. The number of pyridine rings is 4. The smallest absolute Gasteiger partial charge is 1.00 e. The molecule has 0 spiro atoms. The summed E-state index contributed by atoms with van der Waals surface area (Å²) in [5.74, 6) is 0.550. The molecule has 0 bridgehead atoms. The van der Waals surface area contributed by atoms with E-state index >= 15 is 0 Å². The molecule has 0 aliphatic carbocycles. The van der Waals surface area contributed by atoms with Crippen LogP contribution in [0.15, 0.2) is 250 Å². The fraction of sp³-hybridized carbons (Fsp3) is 0.262. The van der Waals surface area contributed by atoms with Crippen LogP contribution in [0.4, 0.5) is 13.2 Å². The summed E-state index contributed by atoms with van der Waals surface area (Å²) in [5, 5.41) is 36.4. The first-order valence-electron chi connectivity index (χ1n) is 42.6.